The van der Waals surface area contributed by atoms with E-state index >= 15 is 0 Å². The first-order valence-electron chi connectivity index (χ1n) is 7.12. The molecule has 0 saturated heterocycles. The fourth-order valence-corrected chi connectivity index (χ4v) is 2.11. The van der Waals surface area contributed by atoms with Gasteiger partial charge in [-0.15, -0.1) is 0 Å². The molecule has 1 aliphatic rings. The number of rotatable bonds is 5. The van der Waals surface area contributed by atoms with Crippen molar-refractivity contribution >= 4 is 12.0 Å². The Hall–Kier alpha value is -2.95. The Morgan fingerprint density at radius 3 is 2.70 bits per heavy atom. The number of carbonyl (C=O) groups is 1. The molecule has 0 radical (unpaired) electrons. The van der Waals surface area contributed by atoms with E-state index in [1.54, 1.807) is 19.3 Å². The highest BCUT2D eigenvalue weighted by Gasteiger charge is 2.13. The van der Waals surface area contributed by atoms with Gasteiger partial charge in [-0.1, -0.05) is 18.2 Å². The van der Waals surface area contributed by atoms with Crippen molar-refractivity contribution in [1.82, 2.24) is 0 Å². The van der Waals surface area contributed by atoms with Gasteiger partial charge in [0, 0.05) is 6.08 Å². The fraction of sp³-hybridized carbons (Fsp3) is 0.167. The zero-order chi connectivity index (χ0) is 16.1. The minimum atomic E-state index is -0.404. The van der Waals surface area contributed by atoms with E-state index in [1.807, 2.05) is 36.4 Å². The SMILES string of the molecule is COc1ccc(/C=C/C(=O)OCc2ccc3c(c2)OCO3)cc1. The summed E-state index contributed by atoms with van der Waals surface area (Å²) in [5.74, 6) is 1.75. The average Bonchev–Trinajstić information content (AvgIpc) is 3.06. The van der Waals surface area contributed by atoms with E-state index in [9.17, 15) is 4.79 Å². The van der Waals surface area contributed by atoms with Crippen LogP contribution in [-0.4, -0.2) is 19.9 Å². The van der Waals surface area contributed by atoms with Gasteiger partial charge in [0.1, 0.15) is 12.4 Å². The lowest BCUT2D eigenvalue weighted by Gasteiger charge is -2.04. The number of ether oxygens (including phenoxy) is 4. The minimum Gasteiger partial charge on any atom is -0.497 e. The highest BCUT2D eigenvalue weighted by molar-refractivity contribution is 5.87. The molecule has 1 aliphatic heterocycles. The van der Waals surface area contributed by atoms with Crippen molar-refractivity contribution in [3.8, 4) is 17.2 Å². The molecule has 118 valence electrons. The van der Waals surface area contributed by atoms with Crippen LogP contribution in [0.2, 0.25) is 0 Å². The first-order chi connectivity index (χ1) is 11.2. The van der Waals surface area contributed by atoms with E-state index in [-0.39, 0.29) is 13.4 Å². The Kier molecular flexibility index (Phi) is 4.47. The summed E-state index contributed by atoms with van der Waals surface area (Å²) in [7, 11) is 1.61. The predicted octanol–water partition coefficient (Wildman–Crippen LogP) is 3.18. The summed E-state index contributed by atoms with van der Waals surface area (Å²) in [6.07, 6.45) is 3.09. The smallest absolute Gasteiger partial charge is 0.331 e. The summed E-state index contributed by atoms with van der Waals surface area (Å²) in [5, 5.41) is 0. The molecule has 5 nitrogen and oxygen atoms in total. The van der Waals surface area contributed by atoms with Gasteiger partial charge in [-0.3, -0.25) is 0 Å². The number of esters is 1. The second-order valence-electron chi connectivity index (χ2n) is 4.90. The number of fused-ring (bicyclic) bond motifs is 1. The summed E-state index contributed by atoms with van der Waals surface area (Å²) in [4.78, 5) is 11.8. The lowest BCUT2D eigenvalue weighted by atomic mass is 10.2. The van der Waals surface area contributed by atoms with E-state index in [1.165, 1.54) is 6.08 Å². The summed E-state index contributed by atoms with van der Waals surface area (Å²) in [5.41, 5.74) is 1.74. The molecule has 0 atom stereocenters. The Balaban J connectivity index is 1.53. The zero-order valence-corrected chi connectivity index (χ0v) is 12.7. The lowest BCUT2D eigenvalue weighted by Crippen LogP contribution is -2.00. The second-order valence-corrected chi connectivity index (χ2v) is 4.90. The molecule has 1 heterocycles. The van der Waals surface area contributed by atoms with Gasteiger partial charge in [0.15, 0.2) is 11.5 Å². The molecule has 0 fully saturated rings. The molecule has 2 aromatic carbocycles. The maximum atomic E-state index is 11.8. The molecule has 2 aromatic rings. The maximum absolute atomic E-state index is 11.8. The lowest BCUT2D eigenvalue weighted by molar-refractivity contribution is -0.138. The van der Waals surface area contributed by atoms with Gasteiger partial charge in [0.2, 0.25) is 6.79 Å². The van der Waals surface area contributed by atoms with E-state index in [0.29, 0.717) is 11.5 Å². The van der Waals surface area contributed by atoms with Crippen molar-refractivity contribution in [3.63, 3.8) is 0 Å². The Morgan fingerprint density at radius 1 is 1.13 bits per heavy atom. The van der Waals surface area contributed by atoms with Crippen LogP contribution < -0.4 is 14.2 Å². The van der Waals surface area contributed by atoms with Gasteiger partial charge < -0.3 is 18.9 Å². The molecule has 3 rings (SSSR count). The molecule has 0 spiro atoms. The Bertz CT molecular complexity index is 719. The number of hydrogen-bond acceptors (Lipinski definition) is 5. The van der Waals surface area contributed by atoms with Crippen LogP contribution in [0, 0.1) is 0 Å². The van der Waals surface area contributed by atoms with Gasteiger partial charge >= 0.3 is 5.97 Å². The van der Waals surface area contributed by atoms with Crippen molar-refractivity contribution in [2.45, 2.75) is 6.61 Å². The van der Waals surface area contributed by atoms with Crippen LogP contribution in [0.1, 0.15) is 11.1 Å². The third kappa shape index (κ3) is 3.83. The minimum absolute atomic E-state index is 0.183. The van der Waals surface area contributed by atoms with E-state index in [2.05, 4.69) is 0 Å². The first kappa shape index (κ1) is 15.0. The Labute approximate surface area is 134 Å². The van der Waals surface area contributed by atoms with E-state index < -0.39 is 5.97 Å². The average molecular weight is 312 g/mol. The van der Waals surface area contributed by atoms with Crippen LogP contribution in [0.4, 0.5) is 0 Å². The summed E-state index contributed by atoms with van der Waals surface area (Å²) in [6, 6.07) is 12.8. The van der Waals surface area contributed by atoms with Gasteiger partial charge in [0.25, 0.3) is 0 Å². The topological polar surface area (TPSA) is 54.0 Å². The first-order valence-corrected chi connectivity index (χ1v) is 7.12. The number of methoxy groups -OCH3 is 1. The zero-order valence-electron chi connectivity index (χ0n) is 12.7. The van der Waals surface area contributed by atoms with Crippen LogP contribution in [0.15, 0.2) is 48.5 Å². The van der Waals surface area contributed by atoms with Gasteiger partial charge in [-0.05, 0) is 41.5 Å². The van der Waals surface area contributed by atoms with Crippen molar-refractivity contribution in [1.29, 1.82) is 0 Å². The molecular formula is C18H16O5. The van der Waals surface area contributed by atoms with Crippen molar-refractivity contribution in [3.05, 3.63) is 59.7 Å². The molecule has 0 N–H and O–H groups in total. The van der Waals surface area contributed by atoms with Crippen molar-refractivity contribution in [2.24, 2.45) is 0 Å². The monoisotopic (exact) mass is 312 g/mol. The standard InChI is InChI=1S/C18H16O5/c1-20-15-6-2-13(3-7-15)5-9-18(19)21-11-14-4-8-16-17(10-14)23-12-22-16/h2-10H,11-12H2,1H3/b9-5+. The van der Waals surface area contributed by atoms with Gasteiger partial charge in [0.05, 0.1) is 7.11 Å². The van der Waals surface area contributed by atoms with Crippen molar-refractivity contribution in [2.75, 3.05) is 13.9 Å². The molecule has 0 aliphatic carbocycles. The Morgan fingerprint density at radius 2 is 1.91 bits per heavy atom. The molecule has 0 amide bonds. The number of carbonyl (C=O) groups excluding carboxylic acids is 1. The van der Waals surface area contributed by atoms with Crippen LogP contribution >= 0.6 is 0 Å². The van der Waals surface area contributed by atoms with Crippen molar-refractivity contribution < 1.29 is 23.7 Å². The van der Waals surface area contributed by atoms with Crippen LogP contribution in [0.3, 0.4) is 0 Å². The normalized spacial score (nSPS) is 12.4. The molecule has 0 unspecified atom stereocenters. The van der Waals surface area contributed by atoms with Crippen LogP contribution in [0.5, 0.6) is 17.2 Å². The number of hydrogen-bond donors (Lipinski definition) is 0. The van der Waals surface area contributed by atoms with Crippen LogP contribution in [0.25, 0.3) is 6.08 Å². The van der Waals surface area contributed by atoms with Gasteiger partial charge in [-0.25, -0.2) is 4.79 Å². The molecule has 5 heteroatoms. The fourth-order valence-electron chi connectivity index (χ4n) is 2.11. The molecular weight excluding hydrogens is 296 g/mol. The molecule has 23 heavy (non-hydrogen) atoms. The highest BCUT2D eigenvalue weighted by Crippen LogP contribution is 2.32. The predicted molar refractivity (Wildman–Crippen MR) is 84.4 cm³/mol. The maximum Gasteiger partial charge on any atom is 0.331 e. The highest BCUT2D eigenvalue weighted by atomic mass is 16.7. The summed E-state index contributed by atoms with van der Waals surface area (Å²) < 4.78 is 20.8. The summed E-state index contributed by atoms with van der Waals surface area (Å²) in [6.45, 7) is 0.408. The van der Waals surface area contributed by atoms with Gasteiger partial charge in [-0.2, -0.15) is 0 Å². The molecule has 0 saturated carbocycles. The third-order valence-corrected chi connectivity index (χ3v) is 3.35. The second kappa shape index (κ2) is 6.87. The molecule has 0 bridgehead atoms. The summed E-state index contributed by atoms with van der Waals surface area (Å²) >= 11 is 0. The third-order valence-electron chi connectivity index (χ3n) is 3.35. The van der Waals surface area contributed by atoms with E-state index in [4.69, 9.17) is 18.9 Å². The quantitative estimate of drug-likeness (QED) is 0.627. The number of benzene rings is 2. The molecule has 0 aromatic heterocycles. The largest absolute Gasteiger partial charge is 0.497 e. The van der Waals surface area contributed by atoms with E-state index in [0.717, 1.165) is 16.9 Å². The van der Waals surface area contributed by atoms with Crippen LogP contribution in [-0.2, 0) is 16.1 Å².